The number of nitrogens with zero attached hydrogens (tertiary/aromatic N) is 2. The predicted octanol–water partition coefficient (Wildman–Crippen LogP) is 4.81. The van der Waals surface area contributed by atoms with Gasteiger partial charge in [-0.05, 0) is 55.8 Å². The summed E-state index contributed by atoms with van der Waals surface area (Å²) in [6.45, 7) is 5.89. The molecule has 0 saturated carbocycles. The second kappa shape index (κ2) is 9.41. The van der Waals surface area contributed by atoms with E-state index in [-0.39, 0.29) is 11.8 Å². The summed E-state index contributed by atoms with van der Waals surface area (Å²) in [5, 5.41) is 10.8. The zero-order chi connectivity index (χ0) is 21.7. The molecular formula is C23H23ClN4O2. The Morgan fingerprint density at radius 3 is 2.30 bits per heavy atom. The number of nitrogens with one attached hydrogen (secondary N) is 2. The zero-order valence-electron chi connectivity index (χ0n) is 17.1. The van der Waals surface area contributed by atoms with Crippen molar-refractivity contribution in [1.82, 2.24) is 9.78 Å². The number of amides is 2. The molecule has 0 aliphatic heterocycles. The molecule has 0 fully saturated rings. The lowest BCUT2D eigenvalue weighted by Gasteiger charge is -2.07. The molecule has 0 saturated heterocycles. The van der Waals surface area contributed by atoms with E-state index in [4.69, 9.17) is 11.6 Å². The van der Waals surface area contributed by atoms with E-state index in [0.29, 0.717) is 22.9 Å². The summed E-state index contributed by atoms with van der Waals surface area (Å²) in [6, 6.07) is 14.6. The van der Waals surface area contributed by atoms with Gasteiger partial charge < -0.3 is 10.6 Å². The van der Waals surface area contributed by atoms with Gasteiger partial charge in [-0.15, -0.1) is 0 Å². The van der Waals surface area contributed by atoms with Gasteiger partial charge in [0.1, 0.15) is 0 Å². The van der Waals surface area contributed by atoms with Crippen LogP contribution in [-0.2, 0) is 16.1 Å². The molecule has 154 valence electrons. The van der Waals surface area contributed by atoms with Crippen LogP contribution in [-0.4, -0.2) is 21.6 Å². The first-order valence-corrected chi connectivity index (χ1v) is 9.85. The smallest absolute Gasteiger partial charge is 0.248 e. The van der Waals surface area contributed by atoms with Crippen molar-refractivity contribution in [3.63, 3.8) is 0 Å². The summed E-state index contributed by atoms with van der Waals surface area (Å²) in [4.78, 5) is 23.4. The number of carbonyl (C=O) groups excluding carboxylic acids is 2. The predicted molar refractivity (Wildman–Crippen MR) is 121 cm³/mol. The third kappa shape index (κ3) is 5.36. The number of benzene rings is 2. The molecule has 0 spiro atoms. The van der Waals surface area contributed by atoms with E-state index in [1.165, 1.54) is 13.0 Å². The molecule has 30 heavy (non-hydrogen) atoms. The Morgan fingerprint density at radius 1 is 1.03 bits per heavy atom. The number of aryl methyl sites for hydroxylation is 1. The minimum atomic E-state index is -0.250. The molecule has 2 N–H and O–H groups in total. The molecule has 1 aromatic heterocycles. The molecule has 0 aliphatic rings. The first-order chi connectivity index (χ1) is 14.3. The van der Waals surface area contributed by atoms with Crippen LogP contribution in [0.4, 0.5) is 11.4 Å². The van der Waals surface area contributed by atoms with Gasteiger partial charge in [-0.2, -0.15) is 5.10 Å². The number of hydrogen-bond acceptors (Lipinski definition) is 3. The third-order valence-electron chi connectivity index (χ3n) is 4.59. The van der Waals surface area contributed by atoms with E-state index < -0.39 is 0 Å². The second-order valence-corrected chi connectivity index (χ2v) is 7.32. The van der Waals surface area contributed by atoms with E-state index in [2.05, 4.69) is 15.7 Å². The molecule has 0 bridgehead atoms. The average Bonchev–Trinajstić information content (AvgIpc) is 2.96. The molecule has 3 aromatic rings. The molecule has 0 unspecified atom stereocenters. The molecular weight excluding hydrogens is 400 g/mol. The van der Waals surface area contributed by atoms with E-state index in [1.807, 2.05) is 42.8 Å². The Morgan fingerprint density at radius 2 is 1.67 bits per heavy atom. The summed E-state index contributed by atoms with van der Waals surface area (Å²) in [6.07, 6.45) is 3.25. The number of carbonyl (C=O) groups is 2. The largest absolute Gasteiger partial charge is 0.326 e. The summed E-state index contributed by atoms with van der Waals surface area (Å²) >= 11 is 6.26. The fourth-order valence-corrected chi connectivity index (χ4v) is 3.27. The van der Waals surface area contributed by atoms with E-state index >= 15 is 0 Å². The van der Waals surface area contributed by atoms with Gasteiger partial charge in [0.25, 0.3) is 0 Å². The summed E-state index contributed by atoms with van der Waals surface area (Å²) in [7, 11) is 0. The van der Waals surface area contributed by atoms with E-state index in [9.17, 15) is 9.59 Å². The van der Waals surface area contributed by atoms with Crippen molar-refractivity contribution in [1.29, 1.82) is 0 Å². The van der Waals surface area contributed by atoms with Gasteiger partial charge in [0, 0.05) is 40.7 Å². The maximum Gasteiger partial charge on any atom is 0.248 e. The number of aromatic nitrogens is 2. The van der Waals surface area contributed by atoms with E-state index in [1.54, 1.807) is 30.3 Å². The molecule has 6 nitrogen and oxygen atoms in total. The zero-order valence-corrected chi connectivity index (χ0v) is 17.8. The van der Waals surface area contributed by atoms with Crippen LogP contribution in [0.25, 0.3) is 6.08 Å². The highest BCUT2D eigenvalue weighted by Gasteiger charge is 2.11. The third-order valence-corrected chi connectivity index (χ3v) is 4.96. The van der Waals surface area contributed by atoms with Gasteiger partial charge in [0.05, 0.1) is 12.2 Å². The summed E-state index contributed by atoms with van der Waals surface area (Å²) in [5.41, 5.74) is 4.99. The number of hydrogen-bond donors (Lipinski definition) is 2. The average molecular weight is 423 g/mol. The summed E-state index contributed by atoms with van der Waals surface area (Å²) in [5.74, 6) is -0.393. The highest BCUT2D eigenvalue weighted by atomic mass is 35.5. The van der Waals surface area contributed by atoms with E-state index in [0.717, 1.165) is 22.5 Å². The van der Waals surface area contributed by atoms with Gasteiger partial charge in [0.2, 0.25) is 11.8 Å². The van der Waals surface area contributed by atoms with Crippen LogP contribution < -0.4 is 10.6 Å². The van der Waals surface area contributed by atoms with Crippen LogP contribution in [0.3, 0.4) is 0 Å². The van der Waals surface area contributed by atoms with Crippen molar-refractivity contribution in [3.8, 4) is 0 Å². The number of halogens is 1. The lowest BCUT2D eigenvalue weighted by atomic mass is 10.1. The minimum absolute atomic E-state index is 0.143. The Balaban J connectivity index is 1.68. The topological polar surface area (TPSA) is 76.0 Å². The van der Waals surface area contributed by atoms with Gasteiger partial charge in [-0.25, -0.2) is 0 Å². The van der Waals surface area contributed by atoms with Crippen molar-refractivity contribution in [2.24, 2.45) is 0 Å². The molecule has 2 amide bonds. The SMILES string of the molecule is CC(=O)Nc1ccc(NC(=O)/C=C/c2c(C)nn(Cc3ccccc3Cl)c2C)cc1. The van der Waals surface area contributed by atoms with Crippen molar-refractivity contribution < 1.29 is 9.59 Å². The van der Waals surface area contributed by atoms with Crippen molar-refractivity contribution in [2.45, 2.75) is 27.3 Å². The Hall–Kier alpha value is -3.38. The molecule has 7 heteroatoms. The summed E-state index contributed by atoms with van der Waals surface area (Å²) < 4.78 is 1.88. The number of rotatable bonds is 6. The van der Waals surface area contributed by atoms with Gasteiger partial charge in [-0.1, -0.05) is 29.8 Å². The molecule has 1 heterocycles. The first-order valence-electron chi connectivity index (χ1n) is 9.47. The fourth-order valence-electron chi connectivity index (χ4n) is 3.08. The lowest BCUT2D eigenvalue weighted by molar-refractivity contribution is -0.114. The molecule has 0 atom stereocenters. The second-order valence-electron chi connectivity index (χ2n) is 6.91. The maximum absolute atomic E-state index is 12.3. The quantitative estimate of drug-likeness (QED) is 0.559. The molecule has 2 aromatic carbocycles. The van der Waals surface area contributed by atoms with Crippen LogP contribution in [0.15, 0.2) is 54.6 Å². The number of anilines is 2. The van der Waals surface area contributed by atoms with Crippen LogP contribution >= 0.6 is 11.6 Å². The maximum atomic E-state index is 12.3. The van der Waals surface area contributed by atoms with Gasteiger partial charge >= 0.3 is 0 Å². The Kier molecular flexibility index (Phi) is 6.69. The highest BCUT2D eigenvalue weighted by Crippen LogP contribution is 2.20. The minimum Gasteiger partial charge on any atom is -0.326 e. The van der Waals surface area contributed by atoms with Crippen molar-refractivity contribution in [2.75, 3.05) is 10.6 Å². The van der Waals surface area contributed by atoms with Gasteiger partial charge in [-0.3, -0.25) is 14.3 Å². The normalized spacial score (nSPS) is 10.9. The van der Waals surface area contributed by atoms with Crippen LogP contribution in [0.5, 0.6) is 0 Å². The standard InChI is InChI=1S/C23H23ClN4O2/c1-15-21(16(2)28(27-15)14-18-6-4-5-7-22(18)24)12-13-23(30)26-20-10-8-19(9-11-20)25-17(3)29/h4-13H,14H2,1-3H3,(H,25,29)(H,26,30)/b13-12+. The highest BCUT2D eigenvalue weighted by molar-refractivity contribution is 6.31. The Labute approximate surface area is 180 Å². The Bertz CT molecular complexity index is 1100. The van der Waals surface area contributed by atoms with Crippen molar-refractivity contribution >= 4 is 40.9 Å². The lowest BCUT2D eigenvalue weighted by Crippen LogP contribution is -2.09. The van der Waals surface area contributed by atoms with Crippen molar-refractivity contribution in [3.05, 3.63) is 82.1 Å². The van der Waals surface area contributed by atoms with Crippen LogP contribution in [0.1, 0.15) is 29.4 Å². The fraction of sp³-hybridized carbons (Fsp3) is 0.174. The monoisotopic (exact) mass is 422 g/mol. The molecule has 0 radical (unpaired) electrons. The molecule has 3 rings (SSSR count). The van der Waals surface area contributed by atoms with Crippen LogP contribution in [0, 0.1) is 13.8 Å². The van der Waals surface area contributed by atoms with Crippen LogP contribution in [0.2, 0.25) is 5.02 Å². The van der Waals surface area contributed by atoms with Gasteiger partial charge in [0.15, 0.2) is 0 Å². The molecule has 0 aliphatic carbocycles. The first kappa shape index (κ1) is 21.3.